The molecule has 0 aliphatic carbocycles. The van der Waals surface area contributed by atoms with Crippen molar-refractivity contribution in [3.05, 3.63) is 15.6 Å². The highest BCUT2D eigenvalue weighted by Crippen LogP contribution is 2.18. The van der Waals surface area contributed by atoms with Gasteiger partial charge in [-0.25, -0.2) is 4.98 Å². The molecule has 0 saturated heterocycles. The summed E-state index contributed by atoms with van der Waals surface area (Å²) in [5, 5.41) is 3.90. The minimum absolute atomic E-state index is 0.0168. The standard InChI is InChI=1S/C12H22N4OS/c1-9-11(12(17)13-6-7-15(2)3)18-10(14-9)8-16(4)5/h6-8H2,1-5H3,(H,13,17). The van der Waals surface area contributed by atoms with Crippen LogP contribution < -0.4 is 5.32 Å². The van der Waals surface area contributed by atoms with Crippen LogP contribution in [-0.4, -0.2) is 62.0 Å². The Bertz CT molecular complexity index is 401. The predicted molar refractivity (Wildman–Crippen MR) is 75.1 cm³/mol. The van der Waals surface area contributed by atoms with E-state index in [1.165, 1.54) is 11.3 Å². The van der Waals surface area contributed by atoms with Crippen molar-refractivity contribution < 1.29 is 4.79 Å². The van der Waals surface area contributed by atoms with Gasteiger partial charge in [0.15, 0.2) is 0 Å². The number of aryl methyl sites for hydroxylation is 1. The van der Waals surface area contributed by atoms with Crippen LogP contribution in [-0.2, 0) is 6.54 Å². The Labute approximate surface area is 113 Å². The van der Waals surface area contributed by atoms with Crippen LogP contribution in [0.5, 0.6) is 0 Å². The number of aromatic nitrogens is 1. The number of rotatable bonds is 6. The summed E-state index contributed by atoms with van der Waals surface area (Å²) < 4.78 is 0. The second kappa shape index (κ2) is 6.82. The maximum absolute atomic E-state index is 12.0. The molecule has 1 N–H and O–H groups in total. The Morgan fingerprint density at radius 1 is 1.28 bits per heavy atom. The summed E-state index contributed by atoms with van der Waals surface area (Å²) in [6, 6.07) is 0. The number of amides is 1. The van der Waals surface area contributed by atoms with E-state index in [4.69, 9.17) is 0 Å². The first-order valence-electron chi connectivity index (χ1n) is 5.94. The largest absolute Gasteiger partial charge is 0.350 e. The van der Waals surface area contributed by atoms with Gasteiger partial charge >= 0.3 is 0 Å². The van der Waals surface area contributed by atoms with Crippen LogP contribution in [0.25, 0.3) is 0 Å². The summed E-state index contributed by atoms with van der Waals surface area (Å²) in [4.78, 5) is 21.2. The second-order valence-electron chi connectivity index (χ2n) is 4.82. The third kappa shape index (κ3) is 4.72. The van der Waals surface area contributed by atoms with E-state index in [0.717, 1.165) is 28.7 Å². The zero-order chi connectivity index (χ0) is 13.7. The Morgan fingerprint density at radius 3 is 2.50 bits per heavy atom. The molecule has 0 fully saturated rings. The average Bonchev–Trinajstić information content (AvgIpc) is 2.57. The fourth-order valence-corrected chi connectivity index (χ4v) is 2.57. The smallest absolute Gasteiger partial charge is 0.263 e. The van der Waals surface area contributed by atoms with Crippen LogP contribution in [0.1, 0.15) is 20.4 Å². The number of hydrogen-bond donors (Lipinski definition) is 1. The average molecular weight is 270 g/mol. The van der Waals surface area contributed by atoms with E-state index in [0.29, 0.717) is 6.54 Å². The molecule has 0 spiro atoms. The maximum Gasteiger partial charge on any atom is 0.263 e. The molecular formula is C12H22N4OS. The highest BCUT2D eigenvalue weighted by molar-refractivity contribution is 7.13. The van der Waals surface area contributed by atoms with E-state index in [2.05, 4.69) is 10.3 Å². The first kappa shape index (κ1) is 15.1. The van der Waals surface area contributed by atoms with Crippen molar-refractivity contribution in [2.24, 2.45) is 0 Å². The number of nitrogens with zero attached hydrogens (tertiary/aromatic N) is 3. The number of nitrogens with one attached hydrogen (secondary N) is 1. The van der Waals surface area contributed by atoms with Crippen molar-refractivity contribution in [3.8, 4) is 0 Å². The first-order valence-corrected chi connectivity index (χ1v) is 6.75. The number of hydrogen-bond acceptors (Lipinski definition) is 5. The molecule has 18 heavy (non-hydrogen) atoms. The van der Waals surface area contributed by atoms with Gasteiger partial charge in [0.1, 0.15) is 9.88 Å². The van der Waals surface area contributed by atoms with Crippen LogP contribution in [0.15, 0.2) is 0 Å². The molecule has 0 aromatic carbocycles. The lowest BCUT2D eigenvalue weighted by Crippen LogP contribution is -2.31. The van der Waals surface area contributed by atoms with E-state index in [1.807, 2.05) is 44.9 Å². The van der Waals surface area contributed by atoms with Crippen LogP contribution in [0.3, 0.4) is 0 Å². The van der Waals surface area contributed by atoms with Gasteiger partial charge in [0.2, 0.25) is 0 Å². The maximum atomic E-state index is 12.0. The molecule has 0 saturated carbocycles. The molecule has 5 nitrogen and oxygen atoms in total. The zero-order valence-corrected chi connectivity index (χ0v) is 12.6. The van der Waals surface area contributed by atoms with Gasteiger partial charge in [-0.2, -0.15) is 0 Å². The monoisotopic (exact) mass is 270 g/mol. The molecule has 0 bridgehead atoms. The minimum atomic E-state index is -0.0168. The molecule has 6 heteroatoms. The van der Waals surface area contributed by atoms with Crippen molar-refractivity contribution in [1.29, 1.82) is 0 Å². The Hall–Kier alpha value is -0.980. The molecule has 1 aromatic heterocycles. The molecule has 1 aromatic rings. The topological polar surface area (TPSA) is 48.5 Å². The van der Waals surface area contributed by atoms with E-state index in [1.54, 1.807) is 0 Å². The van der Waals surface area contributed by atoms with Crippen molar-refractivity contribution in [2.45, 2.75) is 13.5 Å². The van der Waals surface area contributed by atoms with Crippen LogP contribution in [0.2, 0.25) is 0 Å². The van der Waals surface area contributed by atoms with Crippen molar-refractivity contribution in [1.82, 2.24) is 20.1 Å². The normalized spacial score (nSPS) is 11.3. The predicted octanol–water partition coefficient (Wildman–Crippen LogP) is 0.805. The van der Waals surface area contributed by atoms with E-state index >= 15 is 0 Å². The lowest BCUT2D eigenvalue weighted by atomic mass is 10.3. The van der Waals surface area contributed by atoms with Gasteiger partial charge in [-0.1, -0.05) is 0 Å². The molecular weight excluding hydrogens is 248 g/mol. The summed E-state index contributed by atoms with van der Waals surface area (Å²) in [6.07, 6.45) is 0. The number of carbonyl (C=O) groups is 1. The van der Waals surface area contributed by atoms with Gasteiger partial charge in [-0.15, -0.1) is 11.3 Å². The fourth-order valence-electron chi connectivity index (χ4n) is 1.47. The summed E-state index contributed by atoms with van der Waals surface area (Å²) in [6.45, 7) is 4.16. The lowest BCUT2D eigenvalue weighted by molar-refractivity contribution is 0.0954. The van der Waals surface area contributed by atoms with Gasteiger partial charge in [-0.3, -0.25) is 4.79 Å². The molecule has 0 unspecified atom stereocenters. The van der Waals surface area contributed by atoms with Crippen LogP contribution in [0.4, 0.5) is 0 Å². The van der Waals surface area contributed by atoms with Gasteiger partial charge in [0, 0.05) is 19.6 Å². The molecule has 0 aliphatic heterocycles. The number of carbonyl (C=O) groups excluding carboxylic acids is 1. The van der Waals surface area contributed by atoms with E-state index < -0.39 is 0 Å². The number of likely N-dealkylation sites (N-methyl/N-ethyl adjacent to an activating group) is 1. The lowest BCUT2D eigenvalue weighted by Gasteiger charge is -2.09. The first-order chi connectivity index (χ1) is 8.40. The third-order valence-electron chi connectivity index (χ3n) is 2.34. The van der Waals surface area contributed by atoms with Gasteiger partial charge in [-0.05, 0) is 35.1 Å². The Morgan fingerprint density at radius 2 is 1.94 bits per heavy atom. The van der Waals surface area contributed by atoms with Crippen LogP contribution >= 0.6 is 11.3 Å². The van der Waals surface area contributed by atoms with E-state index in [-0.39, 0.29) is 5.91 Å². The SMILES string of the molecule is Cc1nc(CN(C)C)sc1C(=O)NCCN(C)C. The Kier molecular flexibility index (Phi) is 5.71. The molecule has 0 radical (unpaired) electrons. The summed E-state index contributed by atoms with van der Waals surface area (Å²) >= 11 is 1.48. The highest BCUT2D eigenvalue weighted by Gasteiger charge is 2.15. The van der Waals surface area contributed by atoms with E-state index in [9.17, 15) is 4.79 Å². The fraction of sp³-hybridized carbons (Fsp3) is 0.667. The second-order valence-corrected chi connectivity index (χ2v) is 5.90. The molecule has 1 rings (SSSR count). The summed E-state index contributed by atoms with van der Waals surface area (Å²) in [7, 11) is 7.96. The summed E-state index contributed by atoms with van der Waals surface area (Å²) in [5.41, 5.74) is 0.819. The Balaban J connectivity index is 2.59. The van der Waals surface area contributed by atoms with Gasteiger partial charge in [0.25, 0.3) is 5.91 Å². The highest BCUT2D eigenvalue weighted by atomic mass is 32.1. The molecule has 102 valence electrons. The molecule has 1 amide bonds. The van der Waals surface area contributed by atoms with Crippen LogP contribution in [0, 0.1) is 6.92 Å². The van der Waals surface area contributed by atoms with Crippen molar-refractivity contribution >= 4 is 17.2 Å². The molecule has 0 atom stereocenters. The van der Waals surface area contributed by atoms with Crippen molar-refractivity contribution in [2.75, 3.05) is 41.3 Å². The third-order valence-corrected chi connectivity index (χ3v) is 3.48. The minimum Gasteiger partial charge on any atom is -0.350 e. The zero-order valence-electron chi connectivity index (χ0n) is 11.8. The molecule has 0 aliphatic rings. The quantitative estimate of drug-likeness (QED) is 0.831. The number of thiazole rings is 1. The molecule has 1 heterocycles. The van der Waals surface area contributed by atoms with Gasteiger partial charge < -0.3 is 15.1 Å². The van der Waals surface area contributed by atoms with Crippen molar-refractivity contribution in [3.63, 3.8) is 0 Å². The summed E-state index contributed by atoms with van der Waals surface area (Å²) in [5.74, 6) is -0.0168. The van der Waals surface area contributed by atoms with Gasteiger partial charge in [0.05, 0.1) is 5.69 Å².